The van der Waals surface area contributed by atoms with E-state index >= 15 is 0 Å². The Kier molecular flexibility index (Phi) is 5.86. The van der Waals surface area contributed by atoms with Gasteiger partial charge in [-0.15, -0.1) is 0 Å². The number of nitrogens with zero attached hydrogens (tertiary/aromatic N) is 3. The first-order valence-corrected chi connectivity index (χ1v) is 9.94. The maximum Gasteiger partial charge on any atom is 0.307 e. The molecule has 0 fully saturated rings. The third kappa shape index (κ3) is 4.23. The van der Waals surface area contributed by atoms with Crippen molar-refractivity contribution in [2.75, 3.05) is 37.5 Å². The summed E-state index contributed by atoms with van der Waals surface area (Å²) in [6.07, 6.45) is 7.59. The van der Waals surface area contributed by atoms with Crippen molar-refractivity contribution in [3.05, 3.63) is 48.2 Å². The number of anilines is 2. The molecule has 0 saturated heterocycles. The number of esters is 1. The van der Waals surface area contributed by atoms with Crippen LogP contribution in [-0.2, 0) is 9.53 Å². The predicted octanol–water partition coefficient (Wildman–Crippen LogP) is 3.02. The molecule has 2 heterocycles. The fourth-order valence-electron chi connectivity index (χ4n) is 3.64. The monoisotopic (exact) mass is 398 g/mol. The highest BCUT2D eigenvalue weighted by atomic mass is 16.5. The minimum atomic E-state index is -0.303. The van der Waals surface area contributed by atoms with Crippen LogP contribution in [0.3, 0.4) is 0 Å². The number of likely N-dealkylation sites (N-methyl/N-ethyl adjacent to an activating group) is 1. The molecule has 7 heteroatoms. The van der Waals surface area contributed by atoms with Gasteiger partial charge in [-0.2, -0.15) is 0 Å². The van der Waals surface area contributed by atoms with Gasteiger partial charge in [0.1, 0.15) is 11.8 Å². The molecule has 0 aromatic heterocycles. The number of benzene rings is 1. The van der Waals surface area contributed by atoms with E-state index in [0.29, 0.717) is 12.2 Å². The van der Waals surface area contributed by atoms with Crippen molar-refractivity contribution in [2.45, 2.75) is 39.0 Å². The molecule has 29 heavy (non-hydrogen) atoms. The molecule has 0 bridgehead atoms. The lowest BCUT2D eigenvalue weighted by Gasteiger charge is -2.36. The Morgan fingerprint density at radius 3 is 2.69 bits per heavy atom. The number of amides is 1. The lowest BCUT2D eigenvalue weighted by Crippen LogP contribution is -2.48. The van der Waals surface area contributed by atoms with Crippen LogP contribution in [-0.4, -0.2) is 60.8 Å². The molecule has 1 aromatic carbocycles. The molecule has 1 N–H and O–H groups in total. The minimum absolute atomic E-state index is 0.122. The molecule has 2 aliphatic rings. The second kappa shape index (κ2) is 8.19. The van der Waals surface area contributed by atoms with Gasteiger partial charge in [-0.3, -0.25) is 9.59 Å². The summed E-state index contributed by atoms with van der Waals surface area (Å²) in [6.45, 7) is 6.57. The number of carbonyl (C=O) groups excluding carboxylic acids is 2. The smallest absolute Gasteiger partial charge is 0.307 e. The van der Waals surface area contributed by atoms with E-state index in [1.165, 1.54) is 0 Å². The van der Waals surface area contributed by atoms with Crippen LogP contribution in [0.1, 0.15) is 37.6 Å². The predicted molar refractivity (Wildman–Crippen MR) is 115 cm³/mol. The molecule has 7 nitrogen and oxygen atoms in total. The van der Waals surface area contributed by atoms with Crippen molar-refractivity contribution in [3.8, 4) is 0 Å². The van der Waals surface area contributed by atoms with Gasteiger partial charge in [0.25, 0.3) is 5.91 Å². The topological polar surface area (TPSA) is 65.1 Å². The molecule has 156 valence electrons. The van der Waals surface area contributed by atoms with Crippen LogP contribution >= 0.6 is 0 Å². The molecule has 2 aliphatic heterocycles. The molecular weight excluding hydrogens is 368 g/mol. The molecule has 0 saturated carbocycles. The Labute approximate surface area is 172 Å². The van der Waals surface area contributed by atoms with Gasteiger partial charge in [0.05, 0.1) is 24.4 Å². The van der Waals surface area contributed by atoms with Gasteiger partial charge in [0, 0.05) is 32.4 Å². The van der Waals surface area contributed by atoms with Crippen molar-refractivity contribution in [3.63, 3.8) is 0 Å². The summed E-state index contributed by atoms with van der Waals surface area (Å²) in [7, 11) is 3.94. The highest BCUT2D eigenvalue weighted by Crippen LogP contribution is 2.39. The molecule has 3 rings (SSSR count). The normalized spacial score (nSPS) is 19.0. The Bertz CT molecular complexity index is 846. The number of fused-ring (bicyclic) bond motifs is 1. The number of hydrogen-bond acceptors (Lipinski definition) is 6. The number of rotatable bonds is 6. The lowest BCUT2D eigenvalue weighted by atomic mass is 10.1. The third-order valence-electron chi connectivity index (χ3n) is 5.46. The molecule has 0 aliphatic carbocycles. The first-order valence-electron chi connectivity index (χ1n) is 9.94. The van der Waals surface area contributed by atoms with E-state index in [9.17, 15) is 9.59 Å². The Hall–Kier alpha value is -2.96. The van der Waals surface area contributed by atoms with Gasteiger partial charge in [0.15, 0.2) is 0 Å². The second-order valence-corrected chi connectivity index (χ2v) is 7.83. The van der Waals surface area contributed by atoms with Crippen molar-refractivity contribution >= 4 is 23.3 Å². The van der Waals surface area contributed by atoms with E-state index in [2.05, 4.69) is 24.1 Å². The molecule has 0 spiro atoms. The Balaban J connectivity index is 1.86. The third-order valence-corrected chi connectivity index (χ3v) is 5.46. The number of carbonyl (C=O) groups is 2. The highest BCUT2D eigenvalue weighted by molar-refractivity contribution is 5.97. The van der Waals surface area contributed by atoms with Gasteiger partial charge >= 0.3 is 5.97 Å². The van der Waals surface area contributed by atoms with Crippen LogP contribution < -0.4 is 10.2 Å². The SMILES string of the molecule is CCOC(=O)CCN(C(=O)c1ccc2c(c1)NC(C)(C)N2C)C1C=CC=CN1C. The van der Waals surface area contributed by atoms with Gasteiger partial charge in [-0.1, -0.05) is 6.08 Å². The average molecular weight is 399 g/mol. The minimum Gasteiger partial charge on any atom is -0.466 e. The quantitative estimate of drug-likeness (QED) is 0.743. The first kappa shape index (κ1) is 20.8. The lowest BCUT2D eigenvalue weighted by molar-refractivity contribution is -0.143. The van der Waals surface area contributed by atoms with E-state index in [1.54, 1.807) is 11.8 Å². The van der Waals surface area contributed by atoms with Crippen LogP contribution in [0.15, 0.2) is 42.6 Å². The van der Waals surface area contributed by atoms with Crippen LogP contribution in [0.2, 0.25) is 0 Å². The maximum atomic E-state index is 13.5. The van der Waals surface area contributed by atoms with Gasteiger partial charge in [-0.05, 0) is 51.1 Å². The van der Waals surface area contributed by atoms with Crippen LogP contribution in [0.25, 0.3) is 0 Å². The zero-order chi connectivity index (χ0) is 21.2. The Morgan fingerprint density at radius 2 is 2.00 bits per heavy atom. The Morgan fingerprint density at radius 1 is 1.24 bits per heavy atom. The largest absolute Gasteiger partial charge is 0.466 e. The zero-order valence-electron chi connectivity index (χ0n) is 17.8. The zero-order valence-corrected chi connectivity index (χ0v) is 17.8. The number of hydrogen-bond donors (Lipinski definition) is 1. The van der Waals surface area contributed by atoms with Crippen LogP contribution in [0.4, 0.5) is 11.4 Å². The average Bonchev–Trinajstić information content (AvgIpc) is 2.91. The summed E-state index contributed by atoms with van der Waals surface area (Å²) < 4.78 is 5.05. The van der Waals surface area contributed by atoms with Crippen molar-refractivity contribution in [1.82, 2.24) is 9.80 Å². The molecule has 1 atom stereocenters. The van der Waals surface area contributed by atoms with E-state index in [4.69, 9.17) is 4.74 Å². The second-order valence-electron chi connectivity index (χ2n) is 7.83. The van der Waals surface area contributed by atoms with Gasteiger partial charge in [-0.25, -0.2) is 0 Å². The summed E-state index contributed by atoms with van der Waals surface area (Å²) >= 11 is 0. The molecule has 1 aromatic rings. The maximum absolute atomic E-state index is 13.5. The van der Waals surface area contributed by atoms with Crippen molar-refractivity contribution in [2.24, 2.45) is 0 Å². The van der Waals surface area contributed by atoms with Crippen LogP contribution in [0, 0.1) is 0 Å². The van der Waals surface area contributed by atoms with E-state index in [0.717, 1.165) is 11.4 Å². The summed E-state index contributed by atoms with van der Waals surface area (Å²) in [5.74, 6) is -0.426. The van der Waals surface area contributed by atoms with Crippen molar-refractivity contribution in [1.29, 1.82) is 0 Å². The van der Waals surface area contributed by atoms with E-state index in [-0.39, 0.29) is 36.7 Å². The van der Waals surface area contributed by atoms with Crippen LogP contribution in [0.5, 0.6) is 0 Å². The fourth-order valence-corrected chi connectivity index (χ4v) is 3.64. The number of allylic oxidation sites excluding steroid dienone is 2. The highest BCUT2D eigenvalue weighted by Gasteiger charge is 2.34. The summed E-state index contributed by atoms with van der Waals surface area (Å²) in [4.78, 5) is 31.2. The molecular formula is C22H30N4O3. The summed E-state index contributed by atoms with van der Waals surface area (Å²) in [5.41, 5.74) is 2.36. The summed E-state index contributed by atoms with van der Waals surface area (Å²) in [5, 5.41) is 3.46. The first-order chi connectivity index (χ1) is 13.7. The fraction of sp³-hybridized carbons (Fsp3) is 0.455. The molecule has 0 radical (unpaired) electrons. The molecule has 1 unspecified atom stereocenters. The van der Waals surface area contributed by atoms with Gasteiger partial charge in [0.2, 0.25) is 0 Å². The summed E-state index contributed by atoms with van der Waals surface area (Å²) in [6, 6.07) is 5.71. The van der Waals surface area contributed by atoms with Gasteiger partial charge < -0.3 is 24.8 Å². The number of nitrogens with one attached hydrogen (secondary N) is 1. The molecule has 1 amide bonds. The van der Waals surface area contributed by atoms with E-state index in [1.807, 2.05) is 61.6 Å². The number of ether oxygens (including phenoxy) is 1. The standard InChI is InChI=1S/C22H30N4O3/c1-6-29-20(27)12-14-26(19-9-7-8-13-24(19)4)21(28)16-10-11-18-17(15-16)23-22(2,3)25(18)5/h7-11,13,15,19,23H,6,12,14H2,1-5H3. The van der Waals surface area contributed by atoms with E-state index < -0.39 is 0 Å². The van der Waals surface area contributed by atoms with Crippen molar-refractivity contribution < 1.29 is 14.3 Å².